The van der Waals surface area contributed by atoms with E-state index in [0.29, 0.717) is 16.3 Å². The van der Waals surface area contributed by atoms with E-state index >= 15 is 0 Å². The average Bonchev–Trinajstić information content (AvgIpc) is 2.71. The van der Waals surface area contributed by atoms with E-state index in [2.05, 4.69) is 5.32 Å². The summed E-state index contributed by atoms with van der Waals surface area (Å²) in [6.45, 7) is -0.554. The Morgan fingerprint density at radius 2 is 1.69 bits per heavy atom. The highest BCUT2D eigenvalue weighted by atomic mass is 35.5. The first-order valence-corrected chi connectivity index (χ1v) is 9.01. The molecule has 7 nitrogen and oxygen atoms in total. The fourth-order valence-electron chi connectivity index (χ4n) is 2.74. The number of benzene rings is 2. The van der Waals surface area contributed by atoms with E-state index in [9.17, 15) is 19.5 Å². The van der Waals surface area contributed by atoms with Crippen molar-refractivity contribution in [1.82, 2.24) is 4.57 Å². The van der Waals surface area contributed by atoms with Crippen LogP contribution in [-0.4, -0.2) is 21.7 Å². The second kappa shape index (κ2) is 9.07. The number of anilines is 1. The number of nitrogens with one attached hydrogen (secondary N) is 1. The number of pyridine rings is 1. The van der Waals surface area contributed by atoms with Gasteiger partial charge in [-0.25, -0.2) is 4.79 Å². The number of halogens is 1. The first-order chi connectivity index (χ1) is 14.0. The predicted octanol–water partition coefficient (Wildman–Crippen LogP) is 4.00. The van der Waals surface area contributed by atoms with Gasteiger partial charge < -0.3 is 9.84 Å². The van der Waals surface area contributed by atoms with Crippen LogP contribution in [0.4, 0.5) is 10.5 Å². The summed E-state index contributed by atoms with van der Waals surface area (Å²) in [6.07, 6.45) is -0.821. The standard InChI is InChI=1S/C21H17ClN2O5/c22-16-9-5-4-8-15(16)18-11-10-17(20(27)24(18)12-19(25)26)23-21(28)29-13-14-6-2-1-3-7-14/h1-11H,12-13H2,(H,23,28)(H,25,26). The largest absolute Gasteiger partial charge is 0.480 e. The van der Waals surface area contributed by atoms with Gasteiger partial charge in [0, 0.05) is 10.6 Å². The minimum absolute atomic E-state index is 0.0354. The van der Waals surface area contributed by atoms with Crippen molar-refractivity contribution in [3.63, 3.8) is 0 Å². The topological polar surface area (TPSA) is 97.6 Å². The van der Waals surface area contributed by atoms with Gasteiger partial charge in [0.25, 0.3) is 5.56 Å². The van der Waals surface area contributed by atoms with Gasteiger partial charge in [-0.1, -0.05) is 60.1 Å². The molecule has 0 aliphatic carbocycles. The molecule has 0 aliphatic rings. The summed E-state index contributed by atoms with van der Waals surface area (Å²) in [4.78, 5) is 36.1. The zero-order valence-electron chi connectivity index (χ0n) is 15.2. The molecule has 1 aromatic heterocycles. The molecule has 0 unspecified atom stereocenters. The number of amides is 1. The zero-order valence-corrected chi connectivity index (χ0v) is 15.9. The van der Waals surface area contributed by atoms with E-state index in [1.54, 1.807) is 36.4 Å². The van der Waals surface area contributed by atoms with E-state index in [1.165, 1.54) is 12.1 Å². The van der Waals surface area contributed by atoms with Crippen molar-refractivity contribution in [3.05, 3.63) is 87.7 Å². The lowest BCUT2D eigenvalue weighted by atomic mass is 10.1. The Labute approximate surface area is 171 Å². The predicted molar refractivity (Wildman–Crippen MR) is 109 cm³/mol. The molecule has 1 heterocycles. The first-order valence-electron chi connectivity index (χ1n) is 8.64. The highest BCUT2D eigenvalue weighted by Gasteiger charge is 2.16. The lowest BCUT2D eigenvalue weighted by molar-refractivity contribution is -0.137. The van der Waals surface area contributed by atoms with Crippen LogP contribution in [-0.2, 0) is 22.7 Å². The maximum atomic E-state index is 12.8. The second-order valence-electron chi connectivity index (χ2n) is 6.08. The summed E-state index contributed by atoms with van der Waals surface area (Å²) in [6, 6.07) is 18.8. The summed E-state index contributed by atoms with van der Waals surface area (Å²) >= 11 is 6.19. The second-order valence-corrected chi connectivity index (χ2v) is 6.49. The number of hydrogen-bond acceptors (Lipinski definition) is 4. The number of aliphatic carboxylic acids is 1. The highest BCUT2D eigenvalue weighted by molar-refractivity contribution is 6.33. The number of carbonyl (C=O) groups excluding carboxylic acids is 1. The van der Waals surface area contributed by atoms with Gasteiger partial charge in [-0.3, -0.25) is 19.5 Å². The van der Waals surface area contributed by atoms with Crippen molar-refractivity contribution >= 4 is 29.4 Å². The lowest BCUT2D eigenvalue weighted by Gasteiger charge is -2.14. The molecule has 0 saturated heterocycles. The van der Waals surface area contributed by atoms with E-state index in [1.807, 2.05) is 18.2 Å². The zero-order chi connectivity index (χ0) is 20.8. The fraction of sp³-hybridized carbons (Fsp3) is 0.0952. The summed E-state index contributed by atoms with van der Waals surface area (Å²) in [5.74, 6) is -1.20. The van der Waals surface area contributed by atoms with Crippen molar-refractivity contribution in [2.75, 3.05) is 5.32 Å². The molecule has 3 aromatic rings. The Hall–Kier alpha value is -3.58. The number of carbonyl (C=O) groups is 2. The smallest absolute Gasteiger partial charge is 0.412 e. The van der Waals surface area contributed by atoms with Crippen LogP contribution in [0.15, 0.2) is 71.5 Å². The summed E-state index contributed by atoms with van der Waals surface area (Å²) in [5, 5.41) is 11.9. The Kier molecular flexibility index (Phi) is 6.31. The number of carboxylic acids is 1. The molecule has 8 heteroatoms. The third-order valence-electron chi connectivity index (χ3n) is 4.07. The van der Waals surface area contributed by atoms with Gasteiger partial charge in [0.05, 0.1) is 5.69 Å². The van der Waals surface area contributed by atoms with Crippen molar-refractivity contribution in [3.8, 4) is 11.3 Å². The molecule has 0 atom stereocenters. The van der Waals surface area contributed by atoms with E-state index < -0.39 is 24.2 Å². The van der Waals surface area contributed by atoms with Gasteiger partial charge in [-0.15, -0.1) is 0 Å². The Bertz CT molecular complexity index is 1100. The molecule has 2 N–H and O–H groups in total. The van der Waals surface area contributed by atoms with E-state index in [-0.39, 0.29) is 12.3 Å². The molecule has 0 bridgehead atoms. The van der Waals surface area contributed by atoms with Crippen LogP contribution in [0.3, 0.4) is 0 Å². The first kappa shape index (κ1) is 20.2. The molecule has 2 aromatic carbocycles. The minimum Gasteiger partial charge on any atom is -0.480 e. The monoisotopic (exact) mass is 412 g/mol. The molecule has 1 amide bonds. The number of hydrogen-bond donors (Lipinski definition) is 2. The van der Waals surface area contributed by atoms with Gasteiger partial charge >= 0.3 is 12.1 Å². The molecular weight excluding hydrogens is 396 g/mol. The molecule has 0 fully saturated rings. The number of rotatable bonds is 6. The molecular formula is C21H17ClN2O5. The summed E-state index contributed by atoms with van der Waals surface area (Å²) < 4.78 is 6.14. The number of nitrogens with zero attached hydrogens (tertiary/aromatic N) is 1. The van der Waals surface area contributed by atoms with Crippen LogP contribution >= 0.6 is 11.6 Å². The maximum Gasteiger partial charge on any atom is 0.412 e. The van der Waals surface area contributed by atoms with Crippen molar-refractivity contribution in [2.45, 2.75) is 13.2 Å². The molecule has 29 heavy (non-hydrogen) atoms. The number of ether oxygens (including phenoxy) is 1. The minimum atomic E-state index is -1.20. The van der Waals surface area contributed by atoms with Gasteiger partial charge in [0.2, 0.25) is 0 Å². The maximum absolute atomic E-state index is 12.8. The summed E-state index contributed by atoms with van der Waals surface area (Å²) in [7, 11) is 0. The van der Waals surface area contributed by atoms with E-state index in [0.717, 1.165) is 10.1 Å². The quantitative estimate of drug-likeness (QED) is 0.637. The summed E-state index contributed by atoms with van der Waals surface area (Å²) in [5.41, 5.74) is 0.846. The van der Waals surface area contributed by atoms with Gasteiger partial charge in [-0.05, 0) is 23.8 Å². The Morgan fingerprint density at radius 1 is 1.00 bits per heavy atom. The van der Waals surface area contributed by atoms with Crippen LogP contribution < -0.4 is 10.9 Å². The average molecular weight is 413 g/mol. The molecule has 0 radical (unpaired) electrons. The van der Waals surface area contributed by atoms with Crippen molar-refractivity contribution in [2.24, 2.45) is 0 Å². The lowest BCUT2D eigenvalue weighted by Crippen LogP contribution is -2.29. The van der Waals surface area contributed by atoms with Crippen LogP contribution in [0.25, 0.3) is 11.3 Å². The van der Waals surface area contributed by atoms with Crippen LogP contribution in [0, 0.1) is 0 Å². The highest BCUT2D eigenvalue weighted by Crippen LogP contribution is 2.27. The third kappa shape index (κ3) is 5.03. The normalized spacial score (nSPS) is 10.4. The molecule has 0 aliphatic heterocycles. The van der Waals surface area contributed by atoms with Crippen LogP contribution in [0.1, 0.15) is 5.56 Å². The Balaban J connectivity index is 1.86. The third-order valence-corrected chi connectivity index (χ3v) is 4.40. The fourth-order valence-corrected chi connectivity index (χ4v) is 2.97. The van der Waals surface area contributed by atoms with Crippen LogP contribution in [0.2, 0.25) is 5.02 Å². The number of aromatic nitrogens is 1. The Morgan fingerprint density at radius 3 is 2.38 bits per heavy atom. The van der Waals surface area contributed by atoms with Crippen molar-refractivity contribution in [1.29, 1.82) is 0 Å². The molecule has 0 spiro atoms. The molecule has 3 rings (SSSR count). The van der Waals surface area contributed by atoms with Crippen molar-refractivity contribution < 1.29 is 19.4 Å². The SMILES string of the molecule is O=C(O)Cn1c(-c2ccccc2Cl)ccc(NC(=O)OCc2ccccc2)c1=O. The van der Waals surface area contributed by atoms with Gasteiger partial charge in [-0.2, -0.15) is 0 Å². The molecule has 0 saturated carbocycles. The van der Waals surface area contributed by atoms with Gasteiger partial charge in [0.1, 0.15) is 18.8 Å². The van der Waals surface area contributed by atoms with Crippen LogP contribution in [0.5, 0.6) is 0 Å². The van der Waals surface area contributed by atoms with E-state index in [4.69, 9.17) is 16.3 Å². The molecule has 148 valence electrons. The number of carboxylic acid groups (broad SMARTS) is 1. The van der Waals surface area contributed by atoms with Gasteiger partial charge in [0.15, 0.2) is 0 Å².